The van der Waals surface area contributed by atoms with Crippen LogP contribution in [0.25, 0.3) is 22.2 Å². The molecule has 4 heterocycles. The first-order valence-electron chi connectivity index (χ1n) is 10.4. The second kappa shape index (κ2) is 8.68. The van der Waals surface area contributed by atoms with E-state index in [2.05, 4.69) is 32.3 Å². The summed E-state index contributed by atoms with van der Waals surface area (Å²) in [5.74, 6) is 0.978. The summed E-state index contributed by atoms with van der Waals surface area (Å²) < 4.78 is 10.7. The van der Waals surface area contributed by atoms with Gasteiger partial charge >= 0.3 is 0 Å². The monoisotopic (exact) mass is 429 g/mol. The van der Waals surface area contributed by atoms with Gasteiger partial charge in [-0.15, -0.1) is 0 Å². The Hall–Kier alpha value is -3.91. The van der Waals surface area contributed by atoms with Crippen molar-refractivity contribution in [2.75, 3.05) is 43.6 Å². The molecule has 0 unspecified atom stereocenters. The third kappa shape index (κ3) is 4.00. The smallest absolute Gasteiger partial charge is 0.259 e. The van der Waals surface area contributed by atoms with E-state index in [1.165, 1.54) is 0 Å². The maximum atomic E-state index is 12.6. The lowest BCUT2D eigenvalue weighted by atomic mass is 10.1. The number of anilines is 3. The number of morpholine rings is 1. The summed E-state index contributed by atoms with van der Waals surface area (Å²) in [6.45, 7) is 3.24. The molecule has 4 aromatic rings. The topological polar surface area (TPSA) is 92.4 Å². The molecule has 5 rings (SSSR count). The summed E-state index contributed by atoms with van der Waals surface area (Å²) in [5.41, 5.74) is 3.10. The van der Waals surface area contributed by atoms with Crippen LogP contribution in [0, 0.1) is 0 Å². The Morgan fingerprint density at radius 2 is 1.84 bits per heavy atom. The van der Waals surface area contributed by atoms with E-state index >= 15 is 0 Å². The molecule has 1 aliphatic heterocycles. The minimum absolute atomic E-state index is 0.201. The fourth-order valence-corrected chi connectivity index (χ4v) is 3.82. The molecule has 0 amide bonds. The van der Waals surface area contributed by atoms with Crippen LogP contribution in [0.3, 0.4) is 0 Å². The van der Waals surface area contributed by atoms with Crippen LogP contribution in [0.4, 0.5) is 17.2 Å². The second-order valence-corrected chi connectivity index (χ2v) is 7.46. The molecule has 0 spiro atoms. The molecule has 1 aliphatic rings. The molecular weight excluding hydrogens is 406 g/mol. The molecule has 32 heavy (non-hydrogen) atoms. The van der Waals surface area contributed by atoms with Gasteiger partial charge in [0, 0.05) is 36.7 Å². The molecule has 1 fully saturated rings. The van der Waals surface area contributed by atoms with Crippen LogP contribution in [0.1, 0.15) is 0 Å². The van der Waals surface area contributed by atoms with Crippen molar-refractivity contribution >= 4 is 28.0 Å². The number of hydrogen-bond donors (Lipinski definition) is 2. The number of aromatic amines is 1. The summed E-state index contributed by atoms with van der Waals surface area (Å²) in [4.78, 5) is 26.9. The van der Waals surface area contributed by atoms with E-state index in [4.69, 9.17) is 14.5 Å². The van der Waals surface area contributed by atoms with Gasteiger partial charge in [-0.1, -0.05) is 6.07 Å². The number of nitrogens with one attached hydrogen (secondary N) is 2. The lowest BCUT2D eigenvalue weighted by Gasteiger charge is -2.28. The van der Waals surface area contributed by atoms with Crippen LogP contribution in [-0.4, -0.2) is 48.4 Å². The molecule has 0 saturated carbocycles. The molecule has 2 N–H and O–H groups in total. The van der Waals surface area contributed by atoms with E-state index in [0.717, 1.165) is 43.1 Å². The zero-order valence-electron chi connectivity index (χ0n) is 17.7. The van der Waals surface area contributed by atoms with Gasteiger partial charge in [-0.05, 0) is 47.9 Å². The minimum Gasteiger partial charge on any atom is -0.481 e. The molecule has 0 aliphatic carbocycles. The first-order chi connectivity index (χ1) is 15.7. The molecule has 8 nitrogen and oxygen atoms in total. The van der Waals surface area contributed by atoms with Gasteiger partial charge in [-0.2, -0.15) is 0 Å². The van der Waals surface area contributed by atoms with Gasteiger partial charge in [0.2, 0.25) is 5.88 Å². The maximum Gasteiger partial charge on any atom is 0.259 e. The molecular formula is C24H23N5O3. The number of fused-ring (bicyclic) bond motifs is 1. The Labute approximate surface area is 184 Å². The summed E-state index contributed by atoms with van der Waals surface area (Å²) in [7, 11) is 1.58. The van der Waals surface area contributed by atoms with Crippen molar-refractivity contribution in [3.8, 4) is 17.3 Å². The molecule has 162 valence electrons. The Kier molecular flexibility index (Phi) is 5.43. The number of H-pyrrole nitrogens is 1. The minimum atomic E-state index is -0.201. The van der Waals surface area contributed by atoms with E-state index in [1.54, 1.807) is 19.4 Å². The first-order valence-corrected chi connectivity index (χ1v) is 10.4. The largest absolute Gasteiger partial charge is 0.481 e. The summed E-state index contributed by atoms with van der Waals surface area (Å²) in [6, 6.07) is 17.3. The highest BCUT2D eigenvalue weighted by Crippen LogP contribution is 2.28. The molecule has 8 heteroatoms. The van der Waals surface area contributed by atoms with E-state index < -0.39 is 0 Å². The van der Waals surface area contributed by atoms with Crippen molar-refractivity contribution in [2.45, 2.75) is 0 Å². The zero-order valence-corrected chi connectivity index (χ0v) is 17.7. The van der Waals surface area contributed by atoms with Crippen LogP contribution in [0.2, 0.25) is 0 Å². The number of ether oxygens (including phenoxy) is 2. The zero-order chi connectivity index (χ0) is 21.9. The fraction of sp³-hybridized carbons (Fsp3) is 0.208. The van der Waals surface area contributed by atoms with Crippen molar-refractivity contribution in [3.05, 3.63) is 71.1 Å². The van der Waals surface area contributed by atoms with Crippen molar-refractivity contribution < 1.29 is 9.47 Å². The molecule has 0 bridgehead atoms. The number of aromatic nitrogens is 3. The number of benzene rings is 1. The predicted octanol–water partition coefficient (Wildman–Crippen LogP) is 3.57. The van der Waals surface area contributed by atoms with Gasteiger partial charge in [0.15, 0.2) is 0 Å². The normalized spacial score (nSPS) is 13.8. The predicted molar refractivity (Wildman–Crippen MR) is 125 cm³/mol. The summed E-state index contributed by atoms with van der Waals surface area (Å²) in [5, 5.41) is 4.59. The van der Waals surface area contributed by atoms with Gasteiger partial charge in [-0.3, -0.25) is 4.79 Å². The standard InChI is InChI=1S/C24H23N5O3/c1-31-21-4-2-3-19(27-21)20-15-16-9-10-25-24(30)22(16)23(28-20)26-17-5-7-18(8-6-17)29-11-13-32-14-12-29/h2-10,15H,11-14H2,1H3,(H,25,30)(H,26,28). The van der Waals surface area contributed by atoms with Gasteiger partial charge < -0.3 is 24.7 Å². The third-order valence-electron chi connectivity index (χ3n) is 5.46. The Morgan fingerprint density at radius 1 is 1.03 bits per heavy atom. The molecule has 0 radical (unpaired) electrons. The molecule has 0 atom stereocenters. The Morgan fingerprint density at radius 3 is 2.62 bits per heavy atom. The van der Waals surface area contributed by atoms with Gasteiger partial charge in [0.1, 0.15) is 5.82 Å². The van der Waals surface area contributed by atoms with Crippen LogP contribution in [0.5, 0.6) is 5.88 Å². The summed E-state index contributed by atoms with van der Waals surface area (Å²) >= 11 is 0. The average molecular weight is 429 g/mol. The Balaban J connectivity index is 1.53. The number of methoxy groups -OCH3 is 1. The average Bonchev–Trinajstić information content (AvgIpc) is 2.85. The fourth-order valence-electron chi connectivity index (χ4n) is 3.82. The van der Waals surface area contributed by atoms with Crippen molar-refractivity contribution in [2.24, 2.45) is 0 Å². The van der Waals surface area contributed by atoms with Crippen LogP contribution in [0.15, 0.2) is 65.6 Å². The quantitative estimate of drug-likeness (QED) is 0.501. The number of rotatable bonds is 5. The van der Waals surface area contributed by atoms with Crippen molar-refractivity contribution in [1.82, 2.24) is 15.0 Å². The SMILES string of the molecule is COc1cccc(-c2cc3cc[nH]c(=O)c3c(Nc3ccc(N4CCOCC4)cc3)n2)n1. The van der Waals surface area contributed by atoms with Crippen LogP contribution < -0.4 is 20.5 Å². The van der Waals surface area contributed by atoms with Crippen molar-refractivity contribution in [1.29, 1.82) is 0 Å². The lowest BCUT2D eigenvalue weighted by Crippen LogP contribution is -2.36. The van der Waals surface area contributed by atoms with Crippen molar-refractivity contribution in [3.63, 3.8) is 0 Å². The highest BCUT2D eigenvalue weighted by atomic mass is 16.5. The Bertz CT molecular complexity index is 1300. The van der Waals surface area contributed by atoms with E-state index in [1.807, 2.05) is 36.4 Å². The highest BCUT2D eigenvalue weighted by molar-refractivity contribution is 5.95. The van der Waals surface area contributed by atoms with Gasteiger partial charge in [0.05, 0.1) is 37.1 Å². The number of pyridine rings is 3. The first kappa shape index (κ1) is 20.0. The van der Waals surface area contributed by atoms with Crippen LogP contribution >= 0.6 is 0 Å². The highest BCUT2D eigenvalue weighted by Gasteiger charge is 2.14. The number of nitrogens with zero attached hydrogens (tertiary/aromatic N) is 3. The lowest BCUT2D eigenvalue weighted by molar-refractivity contribution is 0.122. The molecule has 3 aromatic heterocycles. The van der Waals surface area contributed by atoms with E-state index in [9.17, 15) is 4.79 Å². The number of hydrogen-bond acceptors (Lipinski definition) is 7. The van der Waals surface area contributed by atoms with Gasteiger partial charge in [-0.25, -0.2) is 9.97 Å². The molecule has 1 aromatic carbocycles. The van der Waals surface area contributed by atoms with E-state index in [0.29, 0.717) is 28.5 Å². The maximum absolute atomic E-state index is 12.6. The third-order valence-corrected chi connectivity index (χ3v) is 5.46. The second-order valence-electron chi connectivity index (χ2n) is 7.46. The summed E-state index contributed by atoms with van der Waals surface area (Å²) in [6.07, 6.45) is 1.63. The van der Waals surface area contributed by atoms with E-state index in [-0.39, 0.29) is 5.56 Å². The molecule has 1 saturated heterocycles. The van der Waals surface area contributed by atoms with Gasteiger partial charge in [0.25, 0.3) is 5.56 Å². The van der Waals surface area contributed by atoms with Crippen LogP contribution in [-0.2, 0) is 4.74 Å².